The minimum Gasteiger partial charge on any atom is -0.328 e. The van der Waals surface area contributed by atoms with E-state index < -0.39 is 19.9 Å². The molecule has 2 bridgehead atoms. The Balaban J connectivity index is 0.00000225. The number of pyridine rings is 1. The van der Waals surface area contributed by atoms with E-state index in [4.69, 9.17) is 5.73 Å². The maximum atomic E-state index is 12.6. The third kappa shape index (κ3) is 4.51. The molecule has 10 heteroatoms. The van der Waals surface area contributed by atoms with Crippen LogP contribution < -0.4 is 10.5 Å². The topological polar surface area (TPSA) is 119 Å². The van der Waals surface area contributed by atoms with E-state index in [1.165, 1.54) is 12.1 Å². The summed E-state index contributed by atoms with van der Waals surface area (Å²) in [4.78, 5) is 3.76. The number of nitrogens with one attached hydrogen (secondary N) is 1. The fourth-order valence-corrected chi connectivity index (χ4v) is 5.85. The largest absolute Gasteiger partial charge is 0.328 e. The molecule has 25 heavy (non-hydrogen) atoms. The molecule has 2 fully saturated rings. The molecule has 0 aliphatic heterocycles. The smallest absolute Gasteiger partial charge is 0.242 e. The number of halogens is 1. The van der Waals surface area contributed by atoms with Crippen LogP contribution in [0.4, 0.5) is 0 Å². The average Bonchev–Trinajstić information content (AvgIpc) is 2.47. The fourth-order valence-electron chi connectivity index (χ4n) is 3.97. The van der Waals surface area contributed by atoms with Gasteiger partial charge in [0.15, 0.2) is 14.9 Å². The Hall–Kier alpha value is -0.740. The van der Waals surface area contributed by atoms with Crippen LogP contribution >= 0.6 is 12.4 Å². The van der Waals surface area contributed by atoms with Crippen molar-refractivity contribution in [1.82, 2.24) is 9.71 Å². The van der Waals surface area contributed by atoms with E-state index in [1.807, 2.05) is 0 Å². The lowest BCUT2D eigenvalue weighted by Gasteiger charge is -2.44. The van der Waals surface area contributed by atoms with Gasteiger partial charge < -0.3 is 5.73 Å². The highest BCUT2D eigenvalue weighted by atomic mass is 35.5. The number of fused-ring (bicyclic) bond motifs is 2. The van der Waals surface area contributed by atoms with Crippen molar-refractivity contribution in [2.45, 2.75) is 54.1 Å². The van der Waals surface area contributed by atoms with Crippen LogP contribution in [0.1, 0.15) is 32.1 Å². The van der Waals surface area contributed by atoms with Crippen molar-refractivity contribution < 1.29 is 16.8 Å². The molecule has 0 amide bonds. The Morgan fingerprint density at radius 2 is 1.72 bits per heavy atom. The van der Waals surface area contributed by atoms with Crippen LogP contribution in [-0.4, -0.2) is 40.2 Å². The van der Waals surface area contributed by atoms with Crippen LogP contribution in [0.15, 0.2) is 28.3 Å². The summed E-state index contributed by atoms with van der Waals surface area (Å²) in [5, 5.41) is -0.137. The number of nitrogens with zero attached hydrogens (tertiary/aromatic N) is 1. The van der Waals surface area contributed by atoms with Crippen LogP contribution in [0.2, 0.25) is 0 Å². The van der Waals surface area contributed by atoms with Crippen molar-refractivity contribution in [3.05, 3.63) is 18.3 Å². The first-order chi connectivity index (χ1) is 11.2. The summed E-state index contributed by atoms with van der Waals surface area (Å²) >= 11 is 0. The zero-order valence-corrected chi connectivity index (χ0v) is 16.4. The quantitative estimate of drug-likeness (QED) is 0.768. The summed E-state index contributed by atoms with van der Waals surface area (Å²) in [6, 6.07) is 2.56. The van der Waals surface area contributed by atoms with Crippen molar-refractivity contribution in [3.63, 3.8) is 0 Å². The van der Waals surface area contributed by atoms with E-state index in [1.54, 1.807) is 0 Å². The first-order valence-electron chi connectivity index (χ1n) is 8.11. The lowest BCUT2D eigenvalue weighted by molar-refractivity contribution is 0.125. The van der Waals surface area contributed by atoms with Gasteiger partial charge in [0, 0.05) is 24.5 Å². The number of sulfone groups is 1. The second kappa shape index (κ2) is 7.48. The zero-order chi connectivity index (χ0) is 17.5. The molecule has 1 aromatic heterocycles. The van der Waals surface area contributed by atoms with Gasteiger partial charge in [0.25, 0.3) is 0 Å². The van der Waals surface area contributed by atoms with Gasteiger partial charge in [-0.3, -0.25) is 0 Å². The highest BCUT2D eigenvalue weighted by molar-refractivity contribution is 7.90. The fraction of sp³-hybridized carbons (Fsp3) is 0.667. The minimum atomic E-state index is -3.73. The Bertz CT molecular complexity index is 798. The highest BCUT2D eigenvalue weighted by Gasteiger charge is 2.41. The molecule has 1 aromatic rings. The van der Waals surface area contributed by atoms with Gasteiger partial charge >= 0.3 is 0 Å². The maximum absolute atomic E-state index is 12.6. The van der Waals surface area contributed by atoms with Crippen molar-refractivity contribution in [2.24, 2.45) is 17.6 Å². The molecule has 1 heterocycles. The van der Waals surface area contributed by atoms with Gasteiger partial charge in [0.05, 0.1) is 0 Å². The van der Waals surface area contributed by atoms with Crippen molar-refractivity contribution in [2.75, 3.05) is 6.26 Å². The van der Waals surface area contributed by atoms with Crippen LogP contribution in [0, 0.1) is 11.8 Å². The molecule has 0 spiro atoms. The van der Waals surface area contributed by atoms with Crippen LogP contribution in [0.3, 0.4) is 0 Å². The summed E-state index contributed by atoms with van der Waals surface area (Å²) in [7, 11) is -7.18. The molecule has 142 valence electrons. The van der Waals surface area contributed by atoms with Gasteiger partial charge in [-0.15, -0.1) is 12.4 Å². The minimum absolute atomic E-state index is 0. The molecule has 2 saturated carbocycles. The normalized spacial score (nSPS) is 29.7. The molecule has 0 saturated heterocycles. The Kier molecular flexibility index (Phi) is 6.15. The standard InChI is InChI=1S/C15H23N3O4S2.ClH/c1-23(19,20)14-6-5-13(9-17-14)24(21,22)18-15-10-3-2-4-11(15)8-12(16)7-10;/h5-6,9-12,15,18H,2-4,7-8,16H2,1H3;1H. The SMILES string of the molecule is CS(=O)(=O)c1ccc(S(=O)(=O)NC2C3CCCC2CC(N)C3)cn1.Cl. The summed E-state index contributed by atoms with van der Waals surface area (Å²) in [5.41, 5.74) is 6.08. The first kappa shape index (κ1) is 20.6. The Morgan fingerprint density at radius 1 is 1.12 bits per heavy atom. The number of nitrogens with two attached hydrogens (primary N) is 1. The van der Waals surface area contributed by atoms with Crippen molar-refractivity contribution >= 4 is 32.3 Å². The molecular weight excluding hydrogens is 386 g/mol. The number of aromatic nitrogens is 1. The summed E-state index contributed by atoms with van der Waals surface area (Å²) in [6.45, 7) is 0. The third-order valence-corrected chi connectivity index (χ3v) is 7.51. The van der Waals surface area contributed by atoms with Gasteiger partial charge in [-0.2, -0.15) is 0 Å². The van der Waals surface area contributed by atoms with Gasteiger partial charge in [0.1, 0.15) is 4.90 Å². The number of hydrogen-bond donors (Lipinski definition) is 2. The van der Waals surface area contributed by atoms with E-state index in [0.29, 0.717) is 0 Å². The van der Waals surface area contributed by atoms with Crippen molar-refractivity contribution in [1.29, 1.82) is 0 Å². The molecule has 0 radical (unpaired) electrons. The summed E-state index contributed by atoms with van der Waals surface area (Å²) < 4.78 is 51.0. The van der Waals surface area contributed by atoms with Gasteiger partial charge in [-0.1, -0.05) is 6.42 Å². The van der Waals surface area contributed by atoms with E-state index in [-0.39, 0.29) is 46.2 Å². The maximum Gasteiger partial charge on any atom is 0.242 e. The summed E-state index contributed by atoms with van der Waals surface area (Å²) in [6.07, 6.45) is 6.91. The average molecular weight is 410 g/mol. The van der Waals surface area contributed by atoms with Crippen LogP contribution in [0.25, 0.3) is 0 Å². The van der Waals surface area contributed by atoms with Gasteiger partial charge in [-0.05, 0) is 49.7 Å². The second-order valence-corrected chi connectivity index (χ2v) is 10.6. The molecule has 3 N–H and O–H groups in total. The molecule has 0 aromatic carbocycles. The van der Waals surface area contributed by atoms with E-state index in [9.17, 15) is 16.8 Å². The number of sulfonamides is 1. The van der Waals surface area contributed by atoms with Crippen LogP contribution in [-0.2, 0) is 19.9 Å². The lowest BCUT2D eigenvalue weighted by Crippen LogP contribution is -2.53. The monoisotopic (exact) mass is 409 g/mol. The molecule has 2 aliphatic carbocycles. The van der Waals surface area contributed by atoms with E-state index in [0.717, 1.165) is 44.6 Å². The lowest BCUT2D eigenvalue weighted by atomic mass is 9.67. The van der Waals surface area contributed by atoms with Crippen molar-refractivity contribution in [3.8, 4) is 0 Å². The molecule has 3 rings (SSSR count). The Labute approximate surface area is 155 Å². The van der Waals surface area contributed by atoms with E-state index >= 15 is 0 Å². The molecule has 2 unspecified atom stereocenters. The number of rotatable bonds is 4. The Morgan fingerprint density at radius 3 is 2.20 bits per heavy atom. The molecule has 7 nitrogen and oxygen atoms in total. The zero-order valence-electron chi connectivity index (χ0n) is 14.0. The van der Waals surface area contributed by atoms with Gasteiger partial charge in [-0.25, -0.2) is 26.5 Å². The highest BCUT2D eigenvalue weighted by Crippen LogP contribution is 2.40. The first-order valence-corrected chi connectivity index (χ1v) is 11.5. The predicted molar refractivity (Wildman–Crippen MR) is 96.7 cm³/mol. The number of hydrogen-bond acceptors (Lipinski definition) is 6. The molecule has 2 aliphatic rings. The van der Waals surface area contributed by atoms with E-state index in [2.05, 4.69) is 9.71 Å². The predicted octanol–water partition coefficient (Wildman–Crippen LogP) is 1.09. The summed E-state index contributed by atoms with van der Waals surface area (Å²) in [5.74, 6) is 0.538. The van der Waals surface area contributed by atoms with Crippen LogP contribution in [0.5, 0.6) is 0 Å². The molecular formula is C15H24ClN3O4S2. The molecule has 2 atom stereocenters. The van der Waals surface area contributed by atoms with Gasteiger partial charge in [0.2, 0.25) is 10.0 Å². The third-order valence-electron chi connectivity index (χ3n) is 5.07. The second-order valence-electron chi connectivity index (χ2n) is 6.93.